The number of nitrogens with one attached hydrogen (secondary N) is 1. The van der Waals surface area contributed by atoms with Crippen LogP contribution in [0, 0.1) is 24.7 Å². The van der Waals surface area contributed by atoms with E-state index >= 15 is 0 Å². The number of para-hydroxylation sites is 1. The summed E-state index contributed by atoms with van der Waals surface area (Å²) >= 11 is 1.40. The van der Waals surface area contributed by atoms with E-state index in [1.807, 2.05) is 49.4 Å². The van der Waals surface area contributed by atoms with Gasteiger partial charge in [-0.15, -0.1) is 11.8 Å². The summed E-state index contributed by atoms with van der Waals surface area (Å²) < 4.78 is 5.79. The molecule has 5 nitrogen and oxygen atoms in total. The quantitative estimate of drug-likeness (QED) is 0.265. The van der Waals surface area contributed by atoms with Gasteiger partial charge in [0, 0.05) is 21.5 Å². The zero-order valence-corrected chi connectivity index (χ0v) is 20.8. The van der Waals surface area contributed by atoms with Crippen LogP contribution >= 0.6 is 11.8 Å². The van der Waals surface area contributed by atoms with Crippen LogP contribution < -0.4 is 10.1 Å². The number of pyridine rings is 1. The topological polar surface area (TPSA) is 68.3 Å². The van der Waals surface area contributed by atoms with Crippen molar-refractivity contribution in [3.8, 4) is 5.75 Å². The van der Waals surface area contributed by atoms with E-state index in [9.17, 15) is 9.59 Å². The molecule has 6 heteroatoms. The predicted molar refractivity (Wildman–Crippen MR) is 138 cm³/mol. The number of hydrogen-bond acceptors (Lipinski definition) is 5. The fourth-order valence-corrected chi connectivity index (χ4v) is 7.80. The van der Waals surface area contributed by atoms with Gasteiger partial charge in [0.05, 0.1) is 11.3 Å². The molecule has 0 spiro atoms. The van der Waals surface area contributed by atoms with Crippen LogP contribution in [-0.2, 0) is 4.79 Å². The van der Waals surface area contributed by atoms with Crippen molar-refractivity contribution in [1.29, 1.82) is 0 Å². The van der Waals surface area contributed by atoms with Crippen molar-refractivity contribution in [3.05, 3.63) is 65.9 Å². The van der Waals surface area contributed by atoms with Crippen molar-refractivity contribution in [2.24, 2.45) is 17.8 Å². The van der Waals surface area contributed by atoms with Crippen LogP contribution in [0.25, 0.3) is 10.9 Å². The van der Waals surface area contributed by atoms with Gasteiger partial charge in [0.15, 0.2) is 5.75 Å². The average molecular weight is 487 g/mol. The summed E-state index contributed by atoms with van der Waals surface area (Å²) in [6, 6.07) is 16.8. The number of rotatable bonds is 6. The predicted octanol–water partition coefficient (Wildman–Crippen LogP) is 5.94. The standard InChI is InChI=1S/C29H30N2O3S/c1-18-9-10-22-5-4-7-24(27(22)30-18)34-28(33)23-6-2-3-8-25(23)35-17-26(32)31-29-14-19-11-20(15-29)13-21(12-19)16-29/h2-10,19-21H,11-17H2,1H3,(H,31,32). The highest BCUT2D eigenvalue weighted by molar-refractivity contribution is 8.00. The van der Waals surface area contributed by atoms with Crippen molar-refractivity contribution >= 4 is 34.5 Å². The molecule has 7 rings (SSSR count). The highest BCUT2D eigenvalue weighted by atomic mass is 32.2. The molecular formula is C29H30N2O3S. The Hall–Kier alpha value is -2.86. The van der Waals surface area contributed by atoms with Gasteiger partial charge >= 0.3 is 5.97 Å². The molecule has 1 N–H and O–H groups in total. The van der Waals surface area contributed by atoms with Crippen LogP contribution in [0.4, 0.5) is 0 Å². The van der Waals surface area contributed by atoms with E-state index in [2.05, 4.69) is 10.3 Å². The molecule has 4 bridgehead atoms. The maximum atomic E-state index is 13.1. The second kappa shape index (κ2) is 8.98. The molecule has 1 heterocycles. The van der Waals surface area contributed by atoms with Crippen molar-refractivity contribution in [2.75, 3.05) is 5.75 Å². The molecule has 4 aliphatic rings. The molecule has 2 aromatic carbocycles. The Morgan fingerprint density at radius 1 is 0.971 bits per heavy atom. The Morgan fingerprint density at radius 3 is 2.43 bits per heavy atom. The van der Waals surface area contributed by atoms with E-state index in [0.717, 1.165) is 53.0 Å². The summed E-state index contributed by atoms with van der Waals surface area (Å²) in [5.74, 6) is 2.72. The second-order valence-corrected chi connectivity index (χ2v) is 11.7. The number of carbonyl (C=O) groups is 2. The molecule has 3 aromatic rings. The van der Waals surface area contributed by atoms with Gasteiger partial charge in [0.1, 0.15) is 5.52 Å². The molecule has 0 aliphatic heterocycles. The third kappa shape index (κ3) is 4.56. The first-order chi connectivity index (χ1) is 17.0. The Kier molecular flexibility index (Phi) is 5.79. The number of fused-ring (bicyclic) bond motifs is 1. The zero-order chi connectivity index (χ0) is 24.0. The number of aryl methyl sites for hydroxylation is 1. The van der Waals surface area contributed by atoms with Crippen molar-refractivity contribution < 1.29 is 14.3 Å². The van der Waals surface area contributed by atoms with Crippen LogP contribution in [-0.4, -0.2) is 28.2 Å². The number of ether oxygens (including phenoxy) is 1. The molecular weight excluding hydrogens is 456 g/mol. The molecule has 4 saturated carbocycles. The molecule has 0 unspecified atom stereocenters. The molecule has 0 saturated heterocycles. The Bertz CT molecular complexity index is 1270. The van der Waals surface area contributed by atoms with E-state index < -0.39 is 5.97 Å². The van der Waals surface area contributed by atoms with E-state index in [1.165, 1.54) is 31.0 Å². The number of nitrogens with zero attached hydrogens (tertiary/aromatic N) is 1. The number of hydrogen-bond donors (Lipinski definition) is 1. The van der Waals surface area contributed by atoms with Gasteiger partial charge in [-0.25, -0.2) is 9.78 Å². The zero-order valence-electron chi connectivity index (χ0n) is 20.0. The SMILES string of the molecule is Cc1ccc2cccc(OC(=O)c3ccccc3SCC(=O)NC34CC5CC(CC(C5)C3)C4)c2n1. The van der Waals surface area contributed by atoms with Crippen LogP contribution in [0.2, 0.25) is 0 Å². The maximum absolute atomic E-state index is 13.1. The molecule has 1 aromatic heterocycles. The number of amides is 1. The molecule has 4 aliphatic carbocycles. The first kappa shape index (κ1) is 22.6. The Morgan fingerprint density at radius 2 is 1.69 bits per heavy atom. The van der Waals surface area contributed by atoms with Crippen LogP contribution in [0.5, 0.6) is 5.75 Å². The number of carbonyl (C=O) groups excluding carboxylic acids is 2. The van der Waals surface area contributed by atoms with E-state index in [1.54, 1.807) is 12.1 Å². The summed E-state index contributed by atoms with van der Waals surface area (Å²) in [5.41, 5.74) is 2.00. The van der Waals surface area contributed by atoms with Crippen LogP contribution in [0.1, 0.15) is 54.6 Å². The Balaban J connectivity index is 1.14. The molecule has 0 radical (unpaired) electrons. The maximum Gasteiger partial charge on any atom is 0.344 e. The summed E-state index contributed by atoms with van der Waals surface area (Å²) in [6.45, 7) is 1.92. The lowest BCUT2D eigenvalue weighted by atomic mass is 9.53. The number of thioether (sulfide) groups is 1. The summed E-state index contributed by atoms with van der Waals surface area (Å²) in [6.07, 6.45) is 7.46. The number of aromatic nitrogens is 1. The largest absolute Gasteiger partial charge is 0.421 e. The minimum atomic E-state index is -0.439. The Labute approximate surface area is 210 Å². The van der Waals surface area contributed by atoms with Gasteiger partial charge in [0.2, 0.25) is 5.91 Å². The van der Waals surface area contributed by atoms with Crippen LogP contribution in [0.3, 0.4) is 0 Å². The van der Waals surface area contributed by atoms with Gasteiger partial charge in [-0.2, -0.15) is 0 Å². The summed E-state index contributed by atoms with van der Waals surface area (Å²) in [4.78, 5) is 31.4. The van der Waals surface area contributed by atoms with E-state index in [-0.39, 0.29) is 11.4 Å². The first-order valence-corrected chi connectivity index (χ1v) is 13.6. The number of benzene rings is 2. The molecule has 4 fully saturated rings. The van der Waals surface area contributed by atoms with Gasteiger partial charge in [-0.05, 0) is 87.5 Å². The fourth-order valence-electron chi connectivity index (χ4n) is 6.95. The highest BCUT2D eigenvalue weighted by Gasteiger charge is 2.51. The minimum Gasteiger partial charge on any atom is -0.421 e. The third-order valence-corrected chi connectivity index (χ3v) is 9.01. The van der Waals surface area contributed by atoms with Gasteiger partial charge in [-0.3, -0.25) is 4.79 Å². The van der Waals surface area contributed by atoms with Gasteiger partial charge in [0.25, 0.3) is 0 Å². The van der Waals surface area contributed by atoms with E-state index in [4.69, 9.17) is 4.74 Å². The summed E-state index contributed by atoms with van der Waals surface area (Å²) in [5, 5.41) is 4.35. The second-order valence-electron chi connectivity index (χ2n) is 10.7. The molecule has 180 valence electrons. The molecule has 35 heavy (non-hydrogen) atoms. The van der Waals surface area contributed by atoms with Crippen molar-refractivity contribution in [1.82, 2.24) is 10.3 Å². The number of esters is 1. The molecule has 0 atom stereocenters. The summed E-state index contributed by atoms with van der Waals surface area (Å²) in [7, 11) is 0. The monoisotopic (exact) mass is 486 g/mol. The van der Waals surface area contributed by atoms with Gasteiger partial charge < -0.3 is 10.1 Å². The average Bonchev–Trinajstić information content (AvgIpc) is 2.82. The van der Waals surface area contributed by atoms with Crippen LogP contribution in [0.15, 0.2) is 59.5 Å². The molecule has 1 amide bonds. The lowest BCUT2D eigenvalue weighted by molar-refractivity contribution is -0.124. The van der Waals surface area contributed by atoms with Gasteiger partial charge in [-0.1, -0.05) is 30.3 Å². The minimum absolute atomic E-state index is 0.00430. The smallest absolute Gasteiger partial charge is 0.344 e. The van der Waals surface area contributed by atoms with E-state index in [0.29, 0.717) is 22.6 Å². The third-order valence-electron chi connectivity index (χ3n) is 7.93. The van der Waals surface area contributed by atoms with Crippen molar-refractivity contribution in [2.45, 2.75) is 55.9 Å². The lowest BCUT2D eigenvalue weighted by Gasteiger charge is -2.56. The van der Waals surface area contributed by atoms with Crippen molar-refractivity contribution in [3.63, 3.8) is 0 Å². The first-order valence-electron chi connectivity index (χ1n) is 12.6. The lowest BCUT2D eigenvalue weighted by Crippen LogP contribution is -2.60. The highest BCUT2D eigenvalue weighted by Crippen LogP contribution is 2.55. The normalized spacial score (nSPS) is 26.6. The fraction of sp³-hybridized carbons (Fsp3) is 0.414.